The molecule has 1 fully saturated rings. The summed E-state index contributed by atoms with van der Waals surface area (Å²) in [6.45, 7) is 6.89. The molecule has 3 heteroatoms. The van der Waals surface area contributed by atoms with Crippen molar-refractivity contribution in [1.82, 2.24) is 4.90 Å². The van der Waals surface area contributed by atoms with Crippen LogP contribution in [0.2, 0.25) is 0 Å². The molecule has 1 rings (SSSR count). The molecule has 2 N–H and O–H groups in total. The van der Waals surface area contributed by atoms with E-state index in [-0.39, 0.29) is 11.4 Å². The molecule has 17 heavy (non-hydrogen) atoms. The third-order valence-electron chi connectivity index (χ3n) is 3.66. The smallest absolute Gasteiger partial charge is 0.222 e. The maximum Gasteiger partial charge on any atom is 0.222 e. The fourth-order valence-electron chi connectivity index (χ4n) is 2.60. The Morgan fingerprint density at radius 1 is 1.29 bits per heavy atom. The number of hydrogen-bond acceptors (Lipinski definition) is 2. The van der Waals surface area contributed by atoms with Crippen LogP contribution in [-0.4, -0.2) is 28.9 Å². The SMILES string of the molecule is CCN(C(=O)CCC(C)(C)N)C1CCCCC1. The number of nitrogens with two attached hydrogens (primary N) is 1. The van der Waals surface area contributed by atoms with E-state index in [0.717, 1.165) is 13.0 Å². The lowest BCUT2D eigenvalue weighted by molar-refractivity contribution is -0.134. The van der Waals surface area contributed by atoms with Gasteiger partial charge in [-0.2, -0.15) is 0 Å². The van der Waals surface area contributed by atoms with Gasteiger partial charge in [-0.25, -0.2) is 0 Å². The van der Waals surface area contributed by atoms with Gasteiger partial charge in [0.15, 0.2) is 0 Å². The third-order valence-corrected chi connectivity index (χ3v) is 3.66. The molecule has 0 spiro atoms. The van der Waals surface area contributed by atoms with Crippen LogP contribution in [0.25, 0.3) is 0 Å². The molecule has 0 aromatic heterocycles. The number of carbonyl (C=O) groups excluding carboxylic acids is 1. The molecule has 0 aliphatic heterocycles. The number of amides is 1. The summed E-state index contributed by atoms with van der Waals surface area (Å²) in [5.74, 6) is 0.290. The third kappa shape index (κ3) is 5.07. The van der Waals surface area contributed by atoms with Crippen molar-refractivity contribution in [1.29, 1.82) is 0 Å². The standard InChI is InChI=1S/C14H28N2O/c1-4-16(12-8-6-5-7-9-12)13(17)10-11-14(2,3)15/h12H,4-11,15H2,1-3H3. The first-order valence-electron chi connectivity index (χ1n) is 7.02. The van der Waals surface area contributed by atoms with E-state index in [0.29, 0.717) is 12.5 Å². The zero-order chi connectivity index (χ0) is 12.9. The fourth-order valence-corrected chi connectivity index (χ4v) is 2.60. The molecule has 0 atom stereocenters. The van der Waals surface area contributed by atoms with E-state index in [1.807, 2.05) is 13.8 Å². The number of rotatable bonds is 5. The van der Waals surface area contributed by atoms with Gasteiger partial charge in [0.2, 0.25) is 5.91 Å². The summed E-state index contributed by atoms with van der Waals surface area (Å²) in [5.41, 5.74) is 5.70. The van der Waals surface area contributed by atoms with E-state index in [9.17, 15) is 4.79 Å². The minimum absolute atomic E-state index is 0.234. The predicted octanol–water partition coefficient (Wildman–Crippen LogP) is 2.69. The molecule has 0 bridgehead atoms. The van der Waals surface area contributed by atoms with Crippen LogP contribution in [-0.2, 0) is 4.79 Å². The maximum absolute atomic E-state index is 12.2. The van der Waals surface area contributed by atoms with E-state index in [1.54, 1.807) is 0 Å². The average Bonchev–Trinajstić information content (AvgIpc) is 2.28. The largest absolute Gasteiger partial charge is 0.340 e. The van der Waals surface area contributed by atoms with Gasteiger partial charge in [0.05, 0.1) is 0 Å². The molecule has 0 heterocycles. The van der Waals surface area contributed by atoms with E-state index in [1.165, 1.54) is 32.1 Å². The zero-order valence-electron chi connectivity index (χ0n) is 11.7. The van der Waals surface area contributed by atoms with Gasteiger partial charge >= 0.3 is 0 Å². The Morgan fingerprint density at radius 3 is 2.35 bits per heavy atom. The van der Waals surface area contributed by atoms with Crippen LogP contribution >= 0.6 is 0 Å². The van der Waals surface area contributed by atoms with Crippen LogP contribution in [0.15, 0.2) is 0 Å². The normalized spacial score (nSPS) is 18.1. The molecule has 1 aliphatic carbocycles. The monoisotopic (exact) mass is 240 g/mol. The Bertz CT molecular complexity index is 239. The van der Waals surface area contributed by atoms with Gasteiger partial charge in [-0.15, -0.1) is 0 Å². The van der Waals surface area contributed by atoms with Gasteiger partial charge in [0.25, 0.3) is 0 Å². The lowest BCUT2D eigenvalue weighted by atomic mass is 9.93. The van der Waals surface area contributed by atoms with Gasteiger partial charge in [0.1, 0.15) is 0 Å². The van der Waals surface area contributed by atoms with Crippen molar-refractivity contribution < 1.29 is 4.79 Å². The molecule has 0 saturated heterocycles. The lowest BCUT2D eigenvalue weighted by Gasteiger charge is -2.34. The summed E-state index contributed by atoms with van der Waals surface area (Å²) in [6, 6.07) is 0.488. The molecule has 1 amide bonds. The van der Waals surface area contributed by atoms with Gasteiger partial charge in [-0.1, -0.05) is 19.3 Å². The number of carbonyl (C=O) groups is 1. The summed E-state index contributed by atoms with van der Waals surface area (Å²) in [6.07, 6.45) is 7.62. The van der Waals surface area contributed by atoms with Gasteiger partial charge in [-0.3, -0.25) is 4.79 Å². The molecule has 0 aromatic rings. The summed E-state index contributed by atoms with van der Waals surface area (Å²) in [4.78, 5) is 14.3. The van der Waals surface area contributed by atoms with Crippen LogP contribution in [0.1, 0.15) is 65.7 Å². The molecule has 0 unspecified atom stereocenters. The Balaban J connectivity index is 2.45. The second-order valence-electron chi connectivity index (χ2n) is 5.96. The highest BCUT2D eigenvalue weighted by Gasteiger charge is 2.24. The first-order valence-corrected chi connectivity index (χ1v) is 7.02. The maximum atomic E-state index is 12.2. The predicted molar refractivity (Wildman–Crippen MR) is 71.8 cm³/mol. The van der Waals surface area contributed by atoms with Crippen molar-refractivity contribution in [3.63, 3.8) is 0 Å². The molecule has 100 valence electrons. The first kappa shape index (κ1) is 14.5. The van der Waals surface area contributed by atoms with Crippen molar-refractivity contribution >= 4 is 5.91 Å². The minimum Gasteiger partial charge on any atom is -0.340 e. The quantitative estimate of drug-likeness (QED) is 0.803. The average molecular weight is 240 g/mol. The van der Waals surface area contributed by atoms with Crippen LogP contribution in [0.3, 0.4) is 0 Å². The Hall–Kier alpha value is -0.570. The van der Waals surface area contributed by atoms with E-state index in [4.69, 9.17) is 5.73 Å². The molecule has 1 saturated carbocycles. The van der Waals surface area contributed by atoms with Crippen LogP contribution in [0.4, 0.5) is 0 Å². The van der Waals surface area contributed by atoms with Gasteiger partial charge < -0.3 is 10.6 Å². The lowest BCUT2D eigenvalue weighted by Crippen LogP contribution is -2.42. The highest BCUT2D eigenvalue weighted by atomic mass is 16.2. The van der Waals surface area contributed by atoms with Crippen LogP contribution < -0.4 is 5.73 Å². The molecule has 3 nitrogen and oxygen atoms in total. The Labute approximate surface area is 106 Å². The summed E-state index contributed by atoms with van der Waals surface area (Å²) < 4.78 is 0. The second-order valence-corrected chi connectivity index (χ2v) is 5.96. The summed E-state index contributed by atoms with van der Waals surface area (Å²) in [7, 11) is 0. The van der Waals surface area contributed by atoms with Crippen molar-refractivity contribution in [3.8, 4) is 0 Å². The van der Waals surface area contributed by atoms with Crippen molar-refractivity contribution in [3.05, 3.63) is 0 Å². The highest BCUT2D eigenvalue weighted by Crippen LogP contribution is 2.23. The first-order chi connectivity index (χ1) is 7.94. The summed E-state index contributed by atoms with van der Waals surface area (Å²) in [5, 5.41) is 0. The van der Waals surface area contributed by atoms with Crippen LogP contribution in [0, 0.1) is 0 Å². The second kappa shape index (κ2) is 6.39. The van der Waals surface area contributed by atoms with Crippen molar-refractivity contribution in [2.24, 2.45) is 5.73 Å². The van der Waals surface area contributed by atoms with Crippen LogP contribution in [0.5, 0.6) is 0 Å². The van der Waals surface area contributed by atoms with Crippen molar-refractivity contribution in [2.75, 3.05) is 6.54 Å². The highest BCUT2D eigenvalue weighted by molar-refractivity contribution is 5.76. The minimum atomic E-state index is -0.234. The van der Waals surface area contributed by atoms with Crippen molar-refractivity contribution in [2.45, 2.75) is 77.3 Å². The fraction of sp³-hybridized carbons (Fsp3) is 0.929. The van der Waals surface area contributed by atoms with E-state index >= 15 is 0 Å². The Morgan fingerprint density at radius 2 is 1.88 bits per heavy atom. The van der Waals surface area contributed by atoms with E-state index < -0.39 is 0 Å². The summed E-state index contributed by atoms with van der Waals surface area (Å²) >= 11 is 0. The topological polar surface area (TPSA) is 46.3 Å². The zero-order valence-corrected chi connectivity index (χ0v) is 11.7. The molecule has 0 radical (unpaired) electrons. The van der Waals surface area contributed by atoms with Gasteiger partial charge in [-0.05, 0) is 40.0 Å². The molecule has 1 aliphatic rings. The molecule has 0 aromatic carbocycles. The molecular formula is C14H28N2O. The Kier molecular flexibility index (Phi) is 5.44. The number of nitrogens with zero attached hydrogens (tertiary/aromatic N) is 1. The molecular weight excluding hydrogens is 212 g/mol. The van der Waals surface area contributed by atoms with Gasteiger partial charge in [0, 0.05) is 24.5 Å². The number of hydrogen-bond donors (Lipinski definition) is 1. The van der Waals surface area contributed by atoms with E-state index in [2.05, 4.69) is 11.8 Å².